The van der Waals surface area contributed by atoms with Gasteiger partial charge in [-0.3, -0.25) is 0 Å². The Balaban J connectivity index is 0.000000146. The maximum atomic E-state index is 5.60. The lowest BCUT2D eigenvalue weighted by atomic mass is 10.1. The zero-order valence-corrected chi connectivity index (χ0v) is 14.0. The summed E-state index contributed by atoms with van der Waals surface area (Å²) in [7, 11) is 0. The van der Waals surface area contributed by atoms with Crippen molar-refractivity contribution in [3.05, 3.63) is 115 Å². The van der Waals surface area contributed by atoms with Gasteiger partial charge in [-0.2, -0.15) is 0 Å². The maximum absolute atomic E-state index is 5.60. The quantitative estimate of drug-likeness (QED) is 0.431. The first-order valence-electron chi connectivity index (χ1n) is 8.34. The van der Waals surface area contributed by atoms with E-state index < -0.39 is 0 Å². The second-order valence-electron chi connectivity index (χ2n) is 5.72. The number of nitrogen functional groups attached to an aromatic ring is 1. The van der Waals surface area contributed by atoms with E-state index in [1.807, 2.05) is 54.6 Å². The fourth-order valence-corrected chi connectivity index (χ4v) is 2.57. The molecule has 0 aliphatic carbocycles. The lowest BCUT2D eigenvalue weighted by Gasteiger charge is -2.00. The fourth-order valence-electron chi connectivity index (χ4n) is 2.57. The van der Waals surface area contributed by atoms with Crippen molar-refractivity contribution in [3.8, 4) is 22.3 Å². The molecule has 0 fully saturated rings. The molecule has 1 nitrogen and oxygen atoms in total. The van der Waals surface area contributed by atoms with Crippen LogP contribution in [0.1, 0.15) is 0 Å². The Morgan fingerprint density at radius 1 is 0.320 bits per heavy atom. The van der Waals surface area contributed by atoms with Gasteiger partial charge in [0, 0.05) is 5.69 Å². The molecule has 0 amide bonds. The lowest BCUT2D eigenvalue weighted by molar-refractivity contribution is 1.61. The molecular weight excluding hydrogens is 302 g/mol. The highest BCUT2D eigenvalue weighted by Crippen LogP contribution is 2.19. The van der Waals surface area contributed by atoms with Gasteiger partial charge in [-0.15, -0.1) is 0 Å². The van der Waals surface area contributed by atoms with Crippen LogP contribution in [0.5, 0.6) is 0 Å². The summed E-state index contributed by atoms with van der Waals surface area (Å²) in [6.07, 6.45) is 0. The number of anilines is 1. The van der Waals surface area contributed by atoms with E-state index in [0.29, 0.717) is 0 Å². The predicted molar refractivity (Wildman–Crippen MR) is 108 cm³/mol. The zero-order chi connectivity index (χ0) is 17.3. The maximum Gasteiger partial charge on any atom is 0.0314 e. The van der Waals surface area contributed by atoms with Crippen LogP contribution in [0, 0.1) is 0 Å². The topological polar surface area (TPSA) is 26.0 Å². The molecule has 2 N–H and O–H groups in total. The third kappa shape index (κ3) is 4.82. The summed E-state index contributed by atoms with van der Waals surface area (Å²) in [4.78, 5) is 0. The van der Waals surface area contributed by atoms with Crippen LogP contribution in [0.3, 0.4) is 0 Å². The van der Waals surface area contributed by atoms with E-state index in [0.717, 1.165) is 5.69 Å². The average molecular weight is 323 g/mol. The van der Waals surface area contributed by atoms with Gasteiger partial charge in [-0.1, -0.05) is 103 Å². The number of hydrogen-bond acceptors (Lipinski definition) is 1. The molecule has 4 rings (SSSR count). The molecule has 0 aliphatic heterocycles. The largest absolute Gasteiger partial charge is 0.399 e. The van der Waals surface area contributed by atoms with Crippen molar-refractivity contribution >= 4 is 5.69 Å². The Morgan fingerprint density at radius 3 is 0.920 bits per heavy atom. The average Bonchev–Trinajstić information content (AvgIpc) is 2.71. The van der Waals surface area contributed by atoms with Crippen molar-refractivity contribution < 1.29 is 0 Å². The predicted octanol–water partition coefficient (Wildman–Crippen LogP) is 6.29. The molecule has 1 heteroatoms. The summed E-state index contributed by atoms with van der Waals surface area (Å²) in [6.45, 7) is 0. The van der Waals surface area contributed by atoms with Crippen LogP contribution in [0.4, 0.5) is 5.69 Å². The summed E-state index contributed by atoms with van der Waals surface area (Å²) < 4.78 is 0. The molecule has 0 aliphatic rings. The molecule has 0 bridgehead atoms. The summed E-state index contributed by atoms with van der Waals surface area (Å²) in [5.41, 5.74) is 11.4. The normalized spacial score (nSPS) is 9.76. The van der Waals surface area contributed by atoms with E-state index >= 15 is 0 Å². The van der Waals surface area contributed by atoms with Crippen molar-refractivity contribution in [2.75, 3.05) is 5.73 Å². The molecule has 4 aromatic rings. The van der Waals surface area contributed by atoms with Crippen molar-refractivity contribution in [1.82, 2.24) is 0 Å². The number of benzene rings is 4. The summed E-state index contributed by atoms with van der Waals surface area (Å²) in [5, 5.41) is 0. The molecule has 0 aromatic heterocycles. The van der Waals surface area contributed by atoms with Crippen molar-refractivity contribution in [2.24, 2.45) is 0 Å². The zero-order valence-electron chi connectivity index (χ0n) is 14.0. The highest BCUT2D eigenvalue weighted by molar-refractivity contribution is 5.65. The third-order valence-electron chi connectivity index (χ3n) is 3.90. The first-order valence-corrected chi connectivity index (χ1v) is 8.34. The summed E-state index contributed by atoms with van der Waals surface area (Å²) in [5.74, 6) is 0. The van der Waals surface area contributed by atoms with E-state index in [9.17, 15) is 0 Å². The Kier molecular flexibility index (Phi) is 5.63. The van der Waals surface area contributed by atoms with Crippen LogP contribution in [-0.4, -0.2) is 0 Å². The smallest absolute Gasteiger partial charge is 0.0314 e. The highest BCUT2D eigenvalue weighted by atomic mass is 14.5. The van der Waals surface area contributed by atoms with Gasteiger partial charge in [-0.25, -0.2) is 0 Å². The van der Waals surface area contributed by atoms with Crippen LogP contribution in [0.2, 0.25) is 0 Å². The molecular formula is C24H21N. The van der Waals surface area contributed by atoms with Gasteiger partial charge in [-0.05, 0) is 34.4 Å². The minimum atomic E-state index is 0.805. The van der Waals surface area contributed by atoms with Gasteiger partial charge in [0.2, 0.25) is 0 Å². The van der Waals surface area contributed by atoms with Gasteiger partial charge in [0.15, 0.2) is 0 Å². The SMILES string of the molecule is Nc1ccc(-c2ccccc2)cc1.c1ccc(-c2ccccc2)cc1. The summed E-state index contributed by atoms with van der Waals surface area (Å²) >= 11 is 0. The molecule has 122 valence electrons. The summed E-state index contributed by atoms with van der Waals surface area (Å²) in [6, 6.07) is 38.9. The van der Waals surface area contributed by atoms with Gasteiger partial charge >= 0.3 is 0 Å². The molecule has 0 radical (unpaired) electrons. The molecule has 0 unspecified atom stereocenters. The molecule has 4 aromatic carbocycles. The molecule has 0 heterocycles. The molecule has 0 saturated carbocycles. The molecule has 0 atom stereocenters. The number of hydrogen-bond donors (Lipinski definition) is 1. The Hall–Kier alpha value is -3.32. The minimum Gasteiger partial charge on any atom is -0.399 e. The van der Waals surface area contributed by atoms with E-state index in [1.165, 1.54) is 22.3 Å². The van der Waals surface area contributed by atoms with E-state index in [2.05, 4.69) is 60.7 Å². The minimum absolute atomic E-state index is 0.805. The Bertz CT molecular complexity index is 830. The standard InChI is InChI=1S/C12H11N.C12H10/c13-12-8-6-11(7-9-12)10-4-2-1-3-5-10;1-3-7-11(8-4-1)12-9-5-2-6-10-12/h1-9H,13H2;1-10H. The Labute approximate surface area is 149 Å². The number of nitrogens with two attached hydrogens (primary N) is 1. The van der Waals surface area contributed by atoms with Crippen LogP contribution < -0.4 is 5.73 Å². The van der Waals surface area contributed by atoms with Crippen molar-refractivity contribution in [3.63, 3.8) is 0 Å². The van der Waals surface area contributed by atoms with Crippen LogP contribution in [0.15, 0.2) is 115 Å². The van der Waals surface area contributed by atoms with Crippen LogP contribution in [-0.2, 0) is 0 Å². The van der Waals surface area contributed by atoms with Crippen LogP contribution in [0.25, 0.3) is 22.3 Å². The second kappa shape index (κ2) is 8.51. The first-order chi connectivity index (χ1) is 12.3. The van der Waals surface area contributed by atoms with Gasteiger partial charge in [0.1, 0.15) is 0 Å². The highest BCUT2D eigenvalue weighted by Gasteiger charge is 1.94. The van der Waals surface area contributed by atoms with Gasteiger partial charge in [0.05, 0.1) is 0 Å². The molecule has 25 heavy (non-hydrogen) atoms. The third-order valence-corrected chi connectivity index (χ3v) is 3.90. The van der Waals surface area contributed by atoms with E-state index in [4.69, 9.17) is 5.73 Å². The van der Waals surface area contributed by atoms with E-state index in [-0.39, 0.29) is 0 Å². The van der Waals surface area contributed by atoms with E-state index in [1.54, 1.807) is 0 Å². The Morgan fingerprint density at radius 2 is 0.600 bits per heavy atom. The molecule has 0 saturated heterocycles. The first kappa shape index (κ1) is 16.5. The number of rotatable bonds is 2. The van der Waals surface area contributed by atoms with Crippen molar-refractivity contribution in [1.29, 1.82) is 0 Å². The van der Waals surface area contributed by atoms with Crippen molar-refractivity contribution in [2.45, 2.75) is 0 Å². The second-order valence-corrected chi connectivity index (χ2v) is 5.72. The lowest BCUT2D eigenvalue weighted by Crippen LogP contribution is -1.83. The fraction of sp³-hybridized carbons (Fsp3) is 0. The van der Waals surface area contributed by atoms with Gasteiger partial charge in [0.25, 0.3) is 0 Å². The van der Waals surface area contributed by atoms with Gasteiger partial charge < -0.3 is 5.73 Å². The monoisotopic (exact) mass is 323 g/mol. The molecule has 0 spiro atoms. The van der Waals surface area contributed by atoms with Crippen LogP contribution >= 0.6 is 0 Å².